The second-order valence-corrected chi connectivity index (χ2v) is 7.39. The minimum atomic E-state index is -0.591. The molecule has 2 rings (SSSR count). The third-order valence-electron chi connectivity index (χ3n) is 4.30. The van der Waals surface area contributed by atoms with Gasteiger partial charge in [0.2, 0.25) is 0 Å². The summed E-state index contributed by atoms with van der Waals surface area (Å²) >= 11 is 0. The summed E-state index contributed by atoms with van der Waals surface area (Å²) < 4.78 is 2.00. The van der Waals surface area contributed by atoms with Crippen molar-refractivity contribution >= 4 is 6.03 Å². The largest absolute Gasteiger partial charge is 0.391 e. The summed E-state index contributed by atoms with van der Waals surface area (Å²) in [5, 5.41) is 15.6. The molecule has 1 aromatic heterocycles. The van der Waals surface area contributed by atoms with Gasteiger partial charge in [0.05, 0.1) is 12.1 Å². The number of urea groups is 1. The summed E-state index contributed by atoms with van der Waals surface area (Å²) in [4.78, 5) is 16.2. The lowest BCUT2D eigenvalue weighted by Gasteiger charge is -2.26. The van der Waals surface area contributed by atoms with Gasteiger partial charge in [0.15, 0.2) is 0 Å². The Balaban J connectivity index is 1.91. The van der Waals surface area contributed by atoms with Crippen molar-refractivity contribution < 1.29 is 9.90 Å². The molecule has 1 aromatic carbocycles. The topological polar surface area (TPSA) is 79.2 Å². The van der Waals surface area contributed by atoms with Crippen molar-refractivity contribution in [2.45, 2.75) is 46.8 Å². The van der Waals surface area contributed by atoms with Crippen LogP contribution in [-0.4, -0.2) is 33.3 Å². The quantitative estimate of drug-likeness (QED) is 0.780. The van der Waals surface area contributed by atoms with Gasteiger partial charge in [0.1, 0.15) is 5.82 Å². The number of nitrogens with one attached hydrogen (secondary N) is 2. The zero-order chi connectivity index (χ0) is 18.6. The van der Waals surface area contributed by atoms with Crippen LogP contribution in [0.4, 0.5) is 4.79 Å². The molecule has 3 N–H and O–H groups in total. The predicted octanol–water partition coefficient (Wildman–Crippen LogP) is 2.95. The van der Waals surface area contributed by atoms with Crippen LogP contribution in [0.1, 0.15) is 45.1 Å². The van der Waals surface area contributed by atoms with Gasteiger partial charge in [-0.2, -0.15) is 0 Å². The highest BCUT2D eigenvalue weighted by Crippen LogP contribution is 2.19. The molecule has 0 saturated heterocycles. The second-order valence-electron chi connectivity index (χ2n) is 7.39. The number of imidazole rings is 1. The third kappa shape index (κ3) is 5.06. The van der Waals surface area contributed by atoms with Gasteiger partial charge >= 0.3 is 6.03 Å². The summed E-state index contributed by atoms with van der Waals surface area (Å²) in [5.74, 6) is 0.927. The highest BCUT2D eigenvalue weighted by atomic mass is 16.3. The lowest BCUT2D eigenvalue weighted by Crippen LogP contribution is -2.44. The van der Waals surface area contributed by atoms with Gasteiger partial charge in [-0.1, -0.05) is 32.9 Å². The molecule has 25 heavy (non-hydrogen) atoms. The Hall–Kier alpha value is -2.34. The average Bonchev–Trinajstić information content (AvgIpc) is 2.97. The van der Waals surface area contributed by atoms with Crippen LogP contribution in [0, 0.1) is 12.3 Å². The molecular weight excluding hydrogens is 316 g/mol. The molecule has 0 aliphatic rings. The monoisotopic (exact) mass is 344 g/mol. The summed E-state index contributed by atoms with van der Waals surface area (Å²) in [6.45, 7) is 9.91. The predicted molar refractivity (Wildman–Crippen MR) is 98.7 cm³/mol. The van der Waals surface area contributed by atoms with Crippen LogP contribution in [0.15, 0.2) is 36.7 Å². The summed E-state index contributed by atoms with van der Waals surface area (Å²) in [6.07, 6.45) is 3.09. The number of aliphatic hydroxyl groups excluding tert-OH is 1. The minimum Gasteiger partial charge on any atom is -0.391 e. The fourth-order valence-electron chi connectivity index (χ4n) is 2.40. The van der Waals surface area contributed by atoms with Crippen molar-refractivity contribution in [3.05, 3.63) is 48.0 Å². The molecular formula is C19H28N4O2. The summed E-state index contributed by atoms with van der Waals surface area (Å²) in [5.41, 5.74) is 1.77. The van der Waals surface area contributed by atoms with Crippen LogP contribution in [0.25, 0.3) is 5.69 Å². The number of hydrogen-bond donors (Lipinski definition) is 3. The van der Waals surface area contributed by atoms with Gasteiger partial charge in [-0.3, -0.25) is 0 Å². The van der Waals surface area contributed by atoms with E-state index in [4.69, 9.17) is 0 Å². The van der Waals surface area contributed by atoms with E-state index in [9.17, 15) is 9.90 Å². The van der Waals surface area contributed by atoms with Gasteiger partial charge in [-0.05, 0) is 37.0 Å². The van der Waals surface area contributed by atoms with Crippen molar-refractivity contribution in [1.82, 2.24) is 20.2 Å². The van der Waals surface area contributed by atoms with Gasteiger partial charge in [0.25, 0.3) is 0 Å². The average molecular weight is 344 g/mol. The van der Waals surface area contributed by atoms with E-state index in [2.05, 4.69) is 15.6 Å². The van der Waals surface area contributed by atoms with Crippen molar-refractivity contribution in [3.63, 3.8) is 0 Å². The van der Waals surface area contributed by atoms with Crippen LogP contribution in [0.3, 0.4) is 0 Å². The number of hydrogen-bond acceptors (Lipinski definition) is 3. The highest BCUT2D eigenvalue weighted by molar-refractivity contribution is 5.74. The Bertz CT molecular complexity index is 701. The van der Waals surface area contributed by atoms with Crippen LogP contribution < -0.4 is 10.6 Å². The first-order valence-corrected chi connectivity index (χ1v) is 8.51. The van der Waals surface area contributed by atoms with E-state index >= 15 is 0 Å². The van der Waals surface area contributed by atoms with E-state index in [1.807, 2.05) is 69.6 Å². The van der Waals surface area contributed by atoms with E-state index in [1.54, 1.807) is 6.20 Å². The molecule has 1 heterocycles. The number of rotatable bonds is 5. The van der Waals surface area contributed by atoms with Gasteiger partial charge in [-0.25, -0.2) is 9.78 Å². The number of nitrogens with zero attached hydrogens (tertiary/aromatic N) is 2. The molecule has 0 radical (unpaired) electrons. The minimum absolute atomic E-state index is 0.135. The Morgan fingerprint density at radius 3 is 2.44 bits per heavy atom. The molecule has 6 nitrogen and oxygen atoms in total. The lowest BCUT2D eigenvalue weighted by atomic mass is 9.89. The Morgan fingerprint density at radius 2 is 1.92 bits per heavy atom. The Kier molecular flexibility index (Phi) is 5.85. The standard InChI is InChI=1S/C19H28N4O2/c1-13(22-18(25)21-12-17(24)19(3,4)5)15-6-8-16(9-7-15)23-11-10-20-14(23)2/h6-11,13,17,24H,12H2,1-5H3,(H2,21,22,25). The first-order chi connectivity index (χ1) is 11.7. The first-order valence-electron chi connectivity index (χ1n) is 8.51. The van der Waals surface area contributed by atoms with Crippen molar-refractivity contribution in [2.75, 3.05) is 6.54 Å². The first kappa shape index (κ1) is 19.0. The molecule has 0 fully saturated rings. The van der Waals surface area contributed by atoms with Crippen LogP contribution in [0.2, 0.25) is 0 Å². The zero-order valence-corrected chi connectivity index (χ0v) is 15.6. The van der Waals surface area contributed by atoms with Gasteiger partial charge in [0, 0.05) is 24.6 Å². The molecule has 0 bridgehead atoms. The van der Waals surface area contributed by atoms with Crippen molar-refractivity contribution in [2.24, 2.45) is 5.41 Å². The number of aromatic nitrogens is 2. The van der Waals surface area contributed by atoms with E-state index in [0.717, 1.165) is 17.1 Å². The Morgan fingerprint density at radius 1 is 1.28 bits per heavy atom. The second kappa shape index (κ2) is 7.70. The Labute approximate surface area is 149 Å². The number of carbonyl (C=O) groups excluding carboxylic acids is 1. The zero-order valence-electron chi connectivity index (χ0n) is 15.6. The molecule has 0 aliphatic heterocycles. The van der Waals surface area contributed by atoms with Crippen LogP contribution >= 0.6 is 0 Å². The molecule has 0 saturated carbocycles. The molecule has 136 valence electrons. The van der Waals surface area contributed by atoms with E-state index in [-0.39, 0.29) is 24.0 Å². The van der Waals surface area contributed by atoms with Gasteiger partial charge in [-0.15, -0.1) is 0 Å². The fraction of sp³-hybridized carbons (Fsp3) is 0.474. The molecule has 0 aliphatic carbocycles. The SMILES string of the molecule is Cc1nccn1-c1ccc(C(C)NC(=O)NCC(O)C(C)(C)C)cc1. The maximum Gasteiger partial charge on any atom is 0.315 e. The smallest absolute Gasteiger partial charge is 0.315 e. The van der Waals surface area contributed by atoms with Gasteiger partial charge < -0.3 is 20.3 Å². The normalized spacial score (nSPS) is 14.0. The van der Waals surface area contributed by atoms with E-state index < -0.39 is 6.10 Å². The third-order valence-corrected chi connectivity index (χ3v) is 4.30. The number of aliphatic hydroxyl groups is 1. The lowest BCUT2D eigenvalue weighted by molar-refractivity contribution is 0.0649. The maximum absolute atomic E-state index is 12.0. The molecule has 2 aromatic rings. The summed E-state index contributed by atoms with van der Waals surface area (Å²) in [7, 11) is 0. The summed E-state index contributed by atoms with van der Waals surface area (Å²) in [6, 6.07) is 7.57. The van der Waals surface area contributed by atoms with E-state index in [0.29, 0.717) is 0 Å². The van der Waals surface area contributed by atoms with Crippen molar-refractivity contribution in [1.29, 1.82) is 0 Å². The molecule has 2 amide bonds. The maximum atomic E-state index is 12.0. The number of benzene rings is 1. The molecule has 2 atom stereocenters. The number of carbonyl (C=O) groups is 1. The fourth-order valence-corrected chi connectivity index (χ4v) is 2.40. The highest BCUT2D eigenvalue weighted by Gasteiger charge is 2.22. The molecule has 0 spiro atoms. The molecule has 2 unspecified atom stereocenters. The van der Waals surface area contributed by atoms with Crippen molar-refractivity contribution in [3.8, 4) is 5.69 Å². The number of aryl methyl sites for hydroxylation is 1. The van der Waals surface area contributed by atoms with E-state index in [1.165, 1.54) is 0 Å². The van der Waals surface area contributed by atoms with Crippen LogP contribution in [0.5, 0.6) is 0 Å². The molecule has 6 heteroatoms. The number of amides is 2. The van der Waals surface area contributed by atoms with Crippen LogP contribution in [-0.2, 0) is 0 Å².